The van der Waals surface area contributed by atoms with Crippen molar-refractivity contribution in [2.24, 2.45) is 0 Å². The van der Waals surface area contributed by atoms with Crippen LogP contribution in [0.15, 0.2) is 24.3 Å². The Morgan fingerprint density at radius 2 is 2.13 bits per heavy atom. The Kier molecular flexibility index (Phi) is 4.01. The van der Waals surface area contributed by atoms with E-state index in [9.17, 15) is 0 Å². The van der Waals surface area contributed by atoms with E-state index in [1.165, 1.54) is 18.4 Å². The average Bonchev–Trinajstić information content (AvgIpc) is 2.74. The van der Waals surface area contributed by atoms with Gasteiger partial charge in [-0.3, -0.25) is 0 Å². The maximum atomic E-state index is 5.80. The normalized spacial score (nSPS) is 20.7. The van der Waals surface area contributed by atoms with Gasteiger partial charge in [-0.2, -0.15) is 0 Å². The van der Waals surface area contributed by atoms with Crippen LogP contribution >= 0.6 is 11.6 Å². The van der Waals surface area contributed by atoms with Gasteiger partial charge in [0.05, 0.1) is 13.2 Å². The predicted molar refractivity (Wildman–Crippen MR) is 62.1 cm³/mol. The second-order valence-corrected chi connectivity index (χ2v) is 4.37. The molecule has 0 bridgehead atoms. The van der Waals surface area contributed by atoms with Gasteiger partial charge in [-0.15, -0.1) is 0 Å². The molecule has 0 aromatic heterocycles. The van der Waals surface area contributed by atoms with Crippen LogP contribution in [0.4, 0.5) is 0 Å². The van der Waals surface area contributed by atoms with E-state index in [1.807, 2.05) is 24.3 Å². The summed E-state index contributed by atoms with van der Waals surface area (Å²) in [6.45, 7) is 2.62. The van der Waals surface area contributed by atoms with E-state index in [-0.39, 0.29) is 0 Å². The molecule has 1 aliphatic rings. The van der Waals surface area contributed by atoms with Gasteiger partial charge in [-0.05, 0) is 37.1 Å². The summed E-state index contributed by atoms with van der Waals surface area (Å²) in [6.07, 6.45) is 2.51. The van der Waals surface area contributed by atoms with Crippen molar-refractivity contribution in [3.63, 3.8) is 0 Å². The largest absolute Gasteiger partial charge is 0.375 e. The summed E-state index contributed by atoms with van der Waals surface area (Å²) in [5.74, 6) is 0. The van der Waals surface area contributed by atoms with Crippen molar-refractivity contribution < 1.29 is 4.74 Å². The molecule has 82 valence electrons. The number of benzene rings is 1. The number of ether oxygens (including phenoxy) is 1. The van der Waals surface area contributed by atoms with Crippen LogP contribution < -0.4 is 5.32 Å². The highest BCUT2D eigenvalue weighted by Gasteiger charge is 2.13. The van der Waals surface area contributed by atoms with Crippen LogP contribution in [-0.2, 0) is 11.3 Å². The van der Waals surface area contributed by atoms with Gasteiger partial charge in [-0.25, -0.2) is 0 Å². The Morgan fingerprint density at radius 1 is 1.33 bits per heavy atom. The summed E-state index contributed by atoms with van der Waals surface area (Å²) in [5.41, 5.74) is 1.18. The molecule has 1 aromatic rings. The number of rotatable bonds is 4. The van der Waals surface area contributed by atoms with E-state index in [1.54, 1.807) is 0 Å². The van der Waals surface area contributed by atoms with Gasteiger partial charge >= 0.3 is 0 Å². The molecule has 0 radical (unpaired) electrons. The lowest BCUT2D eigenvalue weighted by atomic mass is 10.2. The monoisotopic (exact) mass is 225 g/mol. The molecule has 0 aliphatic carbocycles. The first-order chi connectivity index (χ1) is 7.34. The average molecular weight is 226 g/mol. The number of halogens is 1. The van der Waals surface area contributed by atoms with Gasteiger partial charge in [0.25, 0.3) is 0 Å². The number of hydrogen-bond acceptors (Lipinski definition) is 2. The topological polar surface area (TPSA) is 21.3 Å². The van der Waals surface area contributed by atoms with Crippen molar-refractivity contribution in [2.75, 3.05) is 13.2 Å². The lowest BCUT2D eigenvalue weighted by molar-refractivity contribution is 0.103. The molecule has 1 heterocycles. The molecule has 1 N–H and O–H groups in total. The Balaban J connectivity index is 1.71. The minimum absolute atomic E-state index is 0.553. The standard InChI is InChI=1S/C12H16ClNO/c13-11-5-3-10(4-6-11)8-15-9-12-2-1-7-14-12/h3-6,12,14H,1-2,7-9H2/t12-/m1/s1. The third-order valence-corrected chi connectivity index (χ3v) is 2.92. The van der Waals surface area contributed by atoms with Crippen LogP contribution in [0.5, 0.6) is 0 Å². The van der Waals surface area contributed by atoms with Crippen molar-refractivity contribution in [1.29, 1.82) is 0 Å². The zero-order valence-electron chi connectivity index (χ0n) is 8.71. The Bertz CT molecular complexity index is 293. The molecule has 0 amide bonds. The van der Waals surface area contributed by atoms with E-state index in [2.05, 4.69) is 5.32 Å². The van der Waals surface area contributed by atoms with Gasteiger partial charge in [-0.1, -0.05) is 23.7 Å². The van der Waals surface area contributed by atoms with Crippen molar-refractivity contribution in [2.45, 2.75) is 25.5 Å². The Labute approximate surface area is 95.6 Å². The van der Waals surface area contributed by atoms with Crippen molar-refractivity contribution in [3.8, 4) is 0 Å². The summed E-state index contributed by atoms with van der Waals surface area (Å²) >= 11 is 5.80. The first-order valence-corrected chi connectivity index (χ1v) is 5.78. The minimum atomic E-state index is 0.553. The van der Waals surface area contributed by atoms with Crippen molar-refractivity contribution in [3.05, 3.63) is 34.9 Å². The first kappa shape index (κ1) is 10.9. The number of hydrogen-bond donors (Lipinski definition) is 1. The van der Waals surface area contributed by atoms with Crippen LogP contribution in [-0.4, -0.2) is 19.2 Å². The van der Waals surface area contributed by atoms with Gasteiger partial charge in [0.2, 0.25) is 0 Å². The fourth-order valence-corrected chi connectivity index (χ4v) is 1.92. The lowest BCUT2D eigenvalue weighted by Crippen LogP contribution is -2.26. The summed E-state index contributed by atoms with van der Waals surface area (Å²) in [6, 6.07) is 8.36. The molecule has 1 atom stereocenters. The van der Waals surface area contributed by atoms with E-state index in [0.29, 0.717) is 12.6 Å². The molecular formula is C12H16ClNO. The molecule has 0 saturated carbocycles. The lowest BCUT2D eigenvalue weighted by Gasteiger charge is -2.10. The highest BCUT2D eigenvalue weighted by Crippen LogP contribution is 2.11. The molecule has 2 rings (SSSR count). The van der Waals surface area contributed by atoms with Crippen LogP contribution in [0.25, 0.3) is 0 Å². The van der Waals surface area contributed by atoms with Crippen LogP contribution in [0, 0.1) is 0 Å². The summed E-state index contributed by atoms with van der Waals surface area (Å²) in [7, 11) is 0. The minimum Gasteiger partial charge on any atom is -0.375 e. The van der Waals surface area contributed by atoms with E-state index in [0.717, 1.165) is 18.2 Å². The van der Waals surface area contributed by atoms with Crippen molar-refractivity contribution >= 4 is 11.6 Å². The molecule has 15 heavy (non-hydrogen) atoms. The summed E-state index contributed by atoms with van der Waals surface area (Å²) < 4.78 is 5.64. The van der Waals surface area contributed by atoms with E-state index < -0.39 is 0 Å². The smallest absolute Gasteiger partial charge is 0.0717 e. The van der Waals surface area contributed by atoms with E-state index in [4.69, 9.17) is 16.3 Å². The molecule has 3 heteroatoms. The predicted octanol–water partition coefficient (Wildman–Crippen LogP) is 2.61. The first-order valence-electron chi connectivity index (χ1n) is 5.40. The molecule has 2 nitrogen and oxygen atoms in total. The zero-order chi connectivity index (χ0) is 10.5. The highest BCUT2D eigenvalue weighted by molar-refractivity contribution is 6.30. The highest BCUT2D eigenvalue weighted by atomic mass is 35.5. The maximum Gasteiger partial charge on any atom is 0.0717 e. The van der Waals surface area contributed by atoms with Gasteiger partial charge in [0, 0.05) is 11.1 Å². The maximum absolute atomic E-state index is 5.80. The van der Waals surface area contributed by atoms with Crippen LogP contribution in [0.3, 0.4) is 0 Å². The molecule has 1 aliphatic heterocycles. The van der Waals surface area contributed by atoms with Gasteiger partial charge in [0.1, 0.15) is 0 Å². The second kappa shape index (κ2) is 5.50. The van der Waals surface area contributed by atoms with E-state index >= 15 is 0 Å². The second-order valence-electron chi connectivity index (χ2n) is 3.93. The van der Waals surface area contributed by atoms with Gasteiger partial charge in [0.15, 0.2) is 0 Å². The van der Waals surface area contributed by atoms with Crippen LogP contribution in [0.1, 0.15) is 18.4 Å². The Hall–Kier alpha value is -0.570. The summed E-state index contributed by atoms with van der Waals surface area (Å²) in [5, 5.41) is 4.18. The van der Waals surface area contributed by atoms with Gasteiger partial charge < -0.3 is 10.1 Å². The number of nitrogens with one attached hydrogen (secondary N) is 1. The summed E-state index contributed by atoms with van der Waals surface area (Å²) in [4.78, 5) is 0. The van der Waals surface area contributed by atoms with Crippen molar-refractivity contribution in [1.82, 2.24) is 5.32 Å². The quantitative estimate of drug-likeness (QED) is 0.851. The van der Waals surface area contributed by atoms with Crippen LogP contribution in [0.2, 0.25) is 5.02 Å². The molecular weight excluding hydrogens is 210 g/mol. The fourth-order valence-electron chi connectivity index (χ4n) is 1.80. The molecule has 1 saturated heterocycles. The molecule has 0 spiro atoms. The molecule has 0 unspecified atom stereocenters. The third-order valence-electron chi connectivity index (χ3n) is 2.66. The fraction of sp³-hybridized carbons (Fsp3) is 0.500. The SMILES string of the molecule is Clc1ccc(COC[C@H]2CCCN2)cc1. The zero-order valence-corrected chi connectivity index (χ0v) is 9.46. The molecule has 1 fully saturated rings. The third kappa shape index (κ3) is 3.49. The molecule has 1 aromatic carbocycles. The Morgan fingerprint density at radius 3 is 2.80 bits per heavy atom.